The second-order valence-corrected chi connectivity index (χ2v) is 7.06. The Kier molecular flexibility index (Phi) is 8.02. The third kappa shape index (κ3) is 6.44. The number of hydrogen-bond donors (Lipinski definition) is 2. The number of carbonyl (C=O) groups is 2. The molecule has 5 nitrogen and oxygen atoms in total. The first-order valence-corrected chi connectivity index (χ1v) is 9.60. The Labute approximate surface area is 158 Å². The summed E-state index contributed by atoms with van der Waals surface area (Å²) in [6, 6.07) is 17.5. The maximum atomic E-state index is 12.1. The van der Waals surface area contributed by atoms with Crippen LogP contribution in [0.15, 0.2) is 54.6 Å². The van der Waals surface area contributed by atoms with Gasteiger partial charge < -0.3 is 4.74 Å². The molecule has 26 heavy (non-hydrogen) atoms. The molecule has 2 aromatic rings. The van der Waals surface area contributed by atoms with Crippen LogP contribution in [0.3, 0.4) is 0 Å². The fourth-order valence-electron chi connectivity index (χ4n) is 2.22. The molecule has 0 saturated heterocycles. The molecule has 0 aromatic heterocycles. The van der Waals surface area contributed by atoms with Gasteiger partial charge in [0.15, 0.2) is 6.61 Å². The van der Waals surface area contributed by atoms with Crippen LogP contribution in [-0.2, 0) is 21.8 Å². The standard InChI is InChI=1S/C20H24N2O3S/c1-3-17-11-7-8-12-18(17)25-13-19(23)21-22-20(24)15(2)26-14-16-9-5-4-6-10-16/h4-12,15H,3,13-14H2,1-2H3,(H,21,23)(H,22,24). The van der Waals surface area contributed by atoms with Crippen molar-refractivity contribution in [2.45, 2.75) is 31.3 Å². The Balaban J connectivity index is 1.70. The number of amides is 2. The van der Waals surface area contributed by atoms with E-state index in [-0.39, 0.29) is 17.8 Å². The van der Waals surface area contributed by atoms with E-state index < -0.39 is 5.91 Å². The van der Waals surface area contributed by atoms with Crippen LogP contribution in [-0.4, -0.2) is 23.7 Å². The van der Waals surface area contributed by atoms with E-state index in [1.165, 1.54) is 11.8 Å². The minimum Gasteiger partial charge on any atom is -0.483 e. The van der Waals surface area contributed by atoms with Gasteiger partial charge >= 0.3 is 0 Å². The van der Waals surface area contributed by atoms with E-state index in [0.717, 1.165) is 23.3 Å². The van der Waals surface area contributed by atoms with E-state index >= 15 is 0 Å². The minimum absolute atomic E-state index is 0.150. The highest BCUT2D eigenvalue weighted by Crippen LogP contribution is 2.18. The number of ether oxygens (including phenoxy) is 1. The van der Waals surface area contributed by atoms with E-state index in [4.69, 9.17) is 4.74 Å². The van der Waals surface area contributed by atoms with E-state index in [1.54, 1.807) is 0 Å². The second kappa shape index (κ2) is 10.5. The van der Waals surface area contributed by atoms with E-state index in [2.05, 4.69) is 10.9 Å². The summed E-state index contributed by atoms with van der Waals surface area (Å²) >= 11 is 1.51. The molecule has 2 aromatic carbocycles. The zero-order valence-electron chi connectivity index (χ0n) is 15.0. The molecule has 2 rings (SSSR count). The quantitative estimate of drug-likeness (QED) is 0.699. The molecular weight excluding hydrogens is 348 g/mol. The van der Waals surface area contributed by atoms with Gasteiger partial charge in [-0.05, 0) is 30.5 Å². The molecule has 2 N–H and O–H groups in total. The molecule has 0 heterocycles. The van der Waals surface area contributed by atoms with Crippen LogP contribution in [0, 0.1) is 0 Å². The number of benzene rings is 2. The lowest BCUT2D eigenvalue weighted by atomic mass is 10.1. The average molecular weight is 372 g/mol. The summed E-state index contributed by atoms with van der Waals surface area (Å²) in [6.07, 6.45) is 0.824. The molecule has 1 atom stereocenters. The predicted molar refractivity (Wildman–Crippen MR) is 105 cm³/mol. The summed E-state index contributed by atoms with van der Waals surface area (Å²) in [7, 11) is 0. The van der Waals surface area contributed by atoms with Crippen LogP contribution >= 0.6 is 11.8 Å². The van der Waals surface area contributed by atoms with Gasteiger partial charge in [-0.3, -0.25) is 20.4 Å². The first-order chi connectivity index (χ1) is 12.6. The monoisotopic (exact) mass is 372 g/mol. The Morgan fingerprint density at radius 2 is 1.73 bits per heavy atom. The fourth-order valence-corrected chi connectivity index (χ4v) is 3.07. The van der Waals surface area contributed by atoms with Gasteiger partial charge in [0.1, 0.15) is 5.75 Å². The largest absolute Gasteiger partial charge is 0.483 e. The van der Waals surface area contributed by atoms with Crippen molar-refractivity contribution < 1.29 is 14.3 Å². The first-order valence-electron chi connectivity index (χ1n) is 8.55. The normalized spacial score (nSPS) is 11.5. The Morgan fingerprint density at radius 1 is 1.04 bits per heavy atom. The number of nitrogens with one attached hydrogen (secondary N) is 2. The molecule has 0 saturated carbocycles. The van der Waals surface area contributed by atoms with Crippen molar-refractivity contribution in [3.05, 3.63) is 65.7 Å². The summed E-state index contributed by atoms with van der Waals surface area (Å²) in [6.45, 7) is 3.68. The van der Waals surface area contributed by atoms with Crippen molar-refractivity contribution in [2.24, 2.45) is 0 Å². The lowest BCUT2D eigenvalue weighted by molar-refractivity contribution is -0.129. The highest BCUT2D eigenvalue weighted by atomic mass is 32.2. The summed E-state index contributed by atoms with van der Waals surface area (Å²) in [5.74, 6) is 0.779. The van der Waals surface area contributed by atoms with Gasteiger partial charge in [-0.1, -0.05) is 55.5 Å². The van der Waals surface area contributed by atoms with Gasteiger partial charge in [0.25, 0.3) is 11.8 Å². The summed E-state index contributed by atoms with van der Waals surface area (Å²) in [4.78, 5) is 23.9. The molecule has 138 valence electrons. The number of hydrogen-bond acceptors (Lipinski definition) is 4. The Morgan fingerprint density at radius 3 is 2.46 bits per heavy atom. The lowest BCUT2D eigenvalue weighted by Crippen LogP contribution is -2.46. The van der Waals surface area contributed by atoms with Crippen LogP contribution in [0.5, 0.6) is 5.75 Å². The second-order valence-electron chi connectivity index (χ2n) is 5.73. The van der Waals surface area contributed by atoms with Crippen molar-refractivity contribution in [3.8, 4) is 5.75 Å². The minimum atomic E-state index is -0.399. The van der Waals surface area contributed by atoms with Crippen molar-refractivity contribution in [1.82, 2.24) is 10.9 Å². The van der Waals surface area contributed by atoms with Gasteiger partial charge in [-0.2, -0.15) is 0 Å². The van der Waals surface area contributed by atoms with Gasteiger partial charge in [0.05, 0.1) is 5.25 Å². The number of aryl methyl sites for hydroxylation is 1. The highest BCUT2D eigenvalue weighted by Gasteiger charge is 2.14. The third-order valence-electron chi connectivity index (χ3n) is 3.75. The van der Waals surface area contributed by atoms with Crippen LogP contribution < -0.4 is 15.6 Å². The molecule has 0 aliphatic heterocycles. The number of para-hydroxylation sites is 1. The maximum absolute atomic E-state index is 12.1. The molecule has 0 fully saturated rings. The van der Waals surface area contributed by atoms with Crippen LogP contribution in [0.4, 0.5) is 0 Å². The predicted octanol–water partition coefficient (Wildman–Crippen LogP) is 3.10. The Bertz CT molecular complexity index is 722. The molecular formula is C20H24N2O3S. The molecule has 0 aliphatic rings. The number of hydrazine groups is 1. The number of carbonyl (C=O) groups excluding carboxylic acids is 2. The number of thioether (sulfide) groups is 1. The summed E-state index contributed by atoms with van der Waals surface area (Å²) < 4.78 is 5.52. The third-order valence-corrected chi connectivity index (χ3v) is 4.96. The molecule has 0 bridgehead atoms. The van der Waals surface area contributed by atoms with Gasteiger partial charge in [0, 0.05) is 5.75 Å². The van der Waals surface area contributed by atoms with Crippen molar-refractivity contribution in [1.29, 1.82) is 0 Å². The average Bonchev–Trinajstić information content (AvgIpc) is 2.69. The van der Waals surface area contributed by atoms with Crippen molar-refractivity contribution in [3.63, 3.8) is 0 Å². The van der Waals surface area contributed by atoms with Crippen molar-refractivity contribution in [2.75, 3.05) is 6.61 Å². The molecule has 2 amide bonds. The van der Waals surface area contributed by atoms with Gasteiger partial charge in [0.2, 0.25) is 0 Å². The molecule has 6 heteroatoms. The molecule has 0 radical (unpaired) electrons. The maximum Gasteiger partial charge on any atom is 0.276 e. The summed E-state index contributed by atoms with van der Waals surface area (Å²) in [5, 5.41) is -0.280. The zero-order valence-corrected chi connectivity index (χ0v) is 15.8. The molecule has 1 unspecified atom stereocenters. The van der Waals surface area contributed by atoms with Crippen molar-refractivity contribution >= 4 is 23.6 Å². The van der Waals surface area contributed by atoms with E-state index in [0.29, 0.717) is 5.75 Å². The zero-order chi connectivity index (χ0) is 18.8. The molecule has 0 spiro atoms. The van der Waals surface area contributed by atoms with Crippen LogP contribution in [0.25, 0.3) is 0 Å². The SMILES string of the molecule is CCc1ccccc1OCC(=O)NNC(=O)C(C)SCc1ccccc1. The van der Waals surface area contributed by atoms with Gasteiger partial charge in [-0.25, -0.2) is 0 Å². The highest BCUT2D eigenvalue weighted by molar-refractivity contribution is 7.99. The first kappa shape index (κ1) is 19.8. The lowest BCUT2D eigenvalue weighted by Gasteiger charge is -2.14. The Hall–Kier alpha value is -2.47. The van der Waals surface area contributed by atoms with E-state index in [9.17, 15) is 9.59 Å². The number of rotatable bonds is 8. The van der Waals surface area contributed by atoms with Crippen LogP contribution in [0.1, 0.15) is 25.0 Å². The summed E-state index contributed by atoms with van der Waals surface area (Å²) in [5.41, 5.74) is 7.03. The topological polar surface area (TPSA) is 67.4 Å². The van der Waals surface area contributed by atoms with Crippen LogP contribution in [0.2, 0.25) is 0 Å². The molecule has 0 aliphatic carbocycles. The smallest absolute Gasteiger partial charge is 0.276 e. The van der Waals surface area contributed by atoms with E-state index in [1.807, 2.05) is 68.4 Å². The fraction of sp³-hybridized carbons (Fsp3) is 0.300. The van der Waals surface area contributed by atoms with Gasteiger partial charge in [-0.15, -0.1) is 11.8 Å².